The summed E-state index contributed by atoms with van der Waals surface area (Å²) in [6.45, 7) is 7.35. The van der Waals surface area contributed by atoms with Crippen LogP contribution in [0.25, 0.3) is 0 Å². The van der Waals surface area contributed by atoms with Crippen LogP contribution in [0.1, 0.15) is 40.5 Å². The Morgan fingerprint density at radius 2 is 1.17 bits per heavy atom. The third-order valence-electron chi connectivity index (χ3n) is 2.46. The van der Waals surface area contributed by atoms with Crippen molar-refractivity contribution in [3.8, 4) is 0 Å². The van der Waals surface area contributed by atoms with Gasteiger partial charge in [0.1, 0.15) is 11.6 Å². The average Bonchev–Trinajstić information content (AvgIpc) is 2.12. The molecule has 0 spiro atoms. The van der Waals surface area contributed by atoms with Crippen LogP contribution in [0.3, 0.4) is 0 Å². The van der Waals surface area contributed by atoms with Crippen LogP contribution in [0.15, 0.2) is 0 Å². The Balaban J connectivity index is 4.18. The number of hydrogen-bond acceptors (Lipinski definition) is 2. The molecule has 0 saturated carbocycles. The fourth-order valence-electron chi connectivity index (χ4n) is 1.20. The number of hydrogen-bond donors (Lipinski definition) is 0. The molecule has 0 amide bonds. The van der Waals surface area contributed by atoms with Gasteiger partial charge in [-0.3, -0.25) is 9.59 Å². The fourth-order valence-corrected chi connectivity index (χ4v) is 1.20. The largest absolute Gasteiger partial charge is 0.299 e. The summed E-state index contributed by atoms with van der Waals surface area (Å²) >= 11 is 0. The van der Waals surface area contributed by atoms with Gasteiger partial charge in [-0.2, -0.15) is 0 Å². The molecule has 0 aromatic heterocycles. The fraction of sp³-hybridized carbons (Fsp3) is 0.800. The van der Waals surface area contributed by atoms with Gasteiger partial charge in [-0.05, 0) is 0 Å². The van der Waals surface area contributed by atoms with E-state index in [1.165, 1.54) is 0 Å². The Morgan fingerprint density at radius 3 is 1.33 bits per heavy atom. The van der Waals surface area contributed by atoms with Crippen LogP contribution in [0.4, 0.5) is 0 Å². The second-order valence-electron chi connectivity index (χ2n) is 3.22. The first kappa shape index (κ1) is 11.3. The first-order valence-corrected chi connectivity index (χ1v) is 4.59. The zero-order chi connectivity index (χ0) is 9.72. The molecular formula is C10H18O2. The summed E-state index contributed by atoms with van der Waals surface area (Å²) < 4.78 is 0. The Morgan fingerprint density at radius 1 is 0.917 bits per heavy atom. The molecule has 70 valence electrons. The number of Topliss-reactive ketones (excluding diaryl/α,β-unsaturated/α-hetero) is 2. The van der Waals surface area contributed by atoms with Crippen LogP contribution < -0.4 is 0 Å². The van der Waals surface area contributed by atoms with Crippen molar-refractivity contribution in [3.63, 3.8) is 0 Å². The van der Waals surface area contributed by atoms with Crippen molar-refractivity contribution < 1.29 is 9.59 Å². The summed E-state index contributed by atoms with van der Waals surface area (Å²) in [5.74, 6) is 0.151. The van der Waals surface area contributed by atoms with Gasteiger partial charge in [0.05, 0.1) is 0 Å². The van der Waals surface area contributed by atoms with Crippen LogP contribution in [0.2, 0.25) is 0 Å². The molecule has 2 heteroatoms. The van der Waals surface area contributed by atoms with Gasteiger partial charge in [0.25, 0.3) is 0 Å². The molecule has 0 aliphatic carbocycles. The summed E-state index contributed by atoms with van der Waals surface area (Å²) in [4.78, 5) is 22.4. The Hall–Kier alpha value is -0.660. The molecule has 0 aromatic rings. The summed E-state index contributed by atoms with van der Waals surface area (Å²) in [6.07, 6.45) is 1.06. The molecule has 0 N–H and O–H groups in total. The molecule has 0 fully saturated rings. The minimum atomic E-state index is -0.109. The van der Waals surface area contributed by atoms with E-state index in [1.54, 1.807) is 0 Å². The maximum absolute atomic E-state index is 11.2. The van der Waals surface area contributed by atoms with E-state index in [0.717, 1.165) is 0 Å². The van der Waals surface area contributed by atoms with Gasteiger partial charge in [0, 0.05) is 24.7 Å². The van der Waals surface area contributed by atoms with E-state index in [4.69, 9.17) is 0 Å². The lowest BCUT2D eigenvalue weighted by Gasteiger charge is -2.15. The highest BCUT2D eigenvalue weighted by molar-refractivity contribution is 5.89. The van der Waals surface area contributed by atoms with Gasteiger partial charge in [-0.1, -0.05) is 27.7 Å². The molecule has 0 radical (unpaired) electrons. The predicted molar refractivity (Wildman–Crippen MR) is 48.9 cm³/mol. The van der Waals surface area contributed by atoms with Crippen molar-refractivity contribution >= 4 is 11.6 Å². The molecule has 0 aliphatic heterocycles. The van der Waals surface area contributed by atoms with Gasteiger partial charge >= 0.3 is 0 Å². The normalized spacial score (nSPS) is 15.3. The predicted octanol–water partition coefficient (Wildman–Crippen LogP) is 2.22. The van der Waals surface area contributed by atoms with E-state index in [0.29, 0.717) is 12.8 Å². The highest BCUT2D eigenvalue weighted by Crippen LogP contribution is 2.15. The number of carbonyl (C=O) groups is 2. The van der Waals surface area contributed by atoms with Crippen molar-refractivity contribution in [1.82, 2.24) is 0 Å². The van der Waals surface area contributed by atoms with Crippen LogP contribution in [0, 0.1) is 11.8 Å². The number of ketones is 2. The molecule has 0 saturated heterocycles. The lowest BCUT2D eigenvalue weighted by Crippen LogP contribution is -2.24. The summed E-state index contributed by atoms with van der Waals surface area (Å²) in [5, 5.41) is 0. The monoisotopic (exact) mass is 170 g/mol. The maximum Gasteiger partial charge on any atom is 0.136 e. The van der Waals surface area contributed by atoms with E-state index in [1.807, 2.05) is 27.7 Å². The molecular weight excluding hydrogens is 152 g/mol. The van der Waals surface area contributed by atoms with Gasteiger partial charge in [-0.15, -0.1) is 0 Å². The van der Waals surface area contributed by atoms with Crippen LogP contribution in [-0.4, -0.2) is 11.6 Å². The molecule has 0 bridgehead atoms. The van der Waals surface area contributed by atoms with E-state index in [9.17, 15) is 9.59 Å². The minimum Gasteiger partial charge on any atom is -0.299 e. The Kier molecular flexibility index (Phi) is 4.79. The first-order chi connectivity index (χ1) is 5.54. The summed E-state index contributed by atoms with van der Waals surface area (Å²) in [5.41, 5.74) is 0. The molecule has 2 nitrogen and oxygen atoms in total. The van der Waals surface area contributed by atoms with Crippen molar-refractivity contribution in [3.05, 3.63) is 0 Å². The van der Waals surface area contributed by atoms with Gasteiger partial charge in [0.15, 0.2) is 0 Å². The average molecular weight is 170 g/mol. The zero-order valence-corrected chi connectivity index (χ0v) is 8.39. The smallest absolute Gasteiger partial charge is 0.136 e. The lowest BCUT2D eigenvalue weighted by atomic mass is 9.87. The SMILES string of the molecule is CCC(=O)[C@@H](C)[C@H](C)C(=O)CC. The van der Waals surface area contributed by atoms with Crippen LogP contribution >= 0.6 is 0 Å². The maximum atomic E-state index is 11.2. The van der Waals surface area contributed by atoms with Crippen molar-refractivity contribution in [2.75, 3.05) is 0 Å². The van der Waals surface area contributed by atoms with E-state index in [2.05, 4.69) is 0 Å². The third-order valence-corrected chi connectivity index (χ3v) is 2.46. The van der Waals surface area contributed by atoms with E-state index >= 15 is 0 Å². The molecule has 0 heterocycles. The van der Waals surface area contributed by atoms with Crippen molar-refractivity contribution in [1.29, 1.82) is 0 Å². The molecule has 0 aliphatic rings. The zero-order valence-electron chi connectivity index (χ0n) is 8.39. The molecule has 12 heavy (non-hydrogen) atoms. The van der Waals surface area contributed by atoms with Crippen LogP contribution in [0.5, 0.6) is 0 Å². The van der Waals surface area contributed by atoms with E-state index < -0.39 is 0 Å². The Bertz CT molecular complexity index is 153. The third kappa shape index (κ3) is 2.76. The molecule has 0 aromatic carbocycles. The highest BCUT2D eigenvalue weighted by atomic mass is 16.1. The summed E-state index contributed by atoms with van der Waals surface area (Å²) in [6, 6.07) is 0. The quantitative estimate of drug-likeness (QED) is 0.634. The standard InChI is InChI=1S/C10H18O2/c1-5-9(11)7(3)8(4)10(12)6-2/h7-8H,5-6H2,1-4H3/t7-,8-/m0/s1. The second kappa shape index (κ2) is 5.07. The Labute approximate surface area is 74.3 Å². The first-order valence-electron chi connectivity index (χ1n) is 4.59. The minimum absolute atomic E-state index is 0.109. The van der Waals surface area contributed by atoms with Crippen molar-refractivity contribution in [2.24, 2.45) is 11.8 Å². The molecule has 0 rings (SSSR count). The van der Waals surface area contributed by atoms with Gasteiger partial charge < -0.3 is 0 Å². The lowest BCUT2D eigenvalue weighted by molar-refractivity contribution is -0.130. The number of carbonyl (C=O) groups excluding carboxylic acids is 2. The topological polar surface area (TPSA) is 34.1 Å². The van der Waals surface area contributed by atoms with E-state index in [-0.39, 0.29) is 23.4 Å². The highest BCUT2D eigenvalue weighted by Gasteiger charge is 2.23. The molecule has 2 atom stereocenters. The van der Waals surface area contributed by atoms with Gasteiger partial charge in [0.2, 0.25) is 0 Å². The van der Waals surface area contributed by atoms with Crippen LogP contribution in [-0.2, 0) is 9.59 Å². The second-order valence-corrected chi connectivity index (χ2v) is 3.22. The summed E-state index contributed by atoms with van der Waals surface area (Å²) in [7, 11) is 0. The van der Waals surface area contributed by atoms with Crippen molar-refractivity contribution in [2.45, 2.75) is 40.5 Å². The van der Waals surface area contributed by atoms with Gasteiger partial charge in [-0.25, -0.2) is 0 Å². The number of rotatable bonds is 5. The molecule has 0 unspecified atom stereocenters.